The number of carbonyl (C=O) groups is 2. The van der Waals surface area contributed by atoms with Gasteiger partial charge in [0.25, 0.3) is 0 Å². The Kier molecular flexibility index (Phi) is 12.4. The first-order chi connectivity index (χ1) is 7.34. The summed E-state index contributed by atoms with van der Waals surface area (Å²) >= 11 is 2.32. The molecule has 0 aromatic heterocycles. The van der Waals surface area contributed by atoms with Crippen LogP contribution in [0, 0.1) is 5.92 Å². The summed E-state index contributed by atoms with van der Waals surface area (Å²) < 4.78 is 0.884. The van der Waals surface area contributed by atoms with E-state index in [0.717, 1.165) is 10.5 Å². The number of rotatable bonds is 6. The predicted octanol–water partition coefficient (Wildman–Crippen LogP) is 2.34. The first-order valence-corrected chi connectivity index (χ1v) is 5.78. The third-order valence-electron chi connectivity index (χ3n) is 2.43. The van der Waals surface area contributed by atoms with Gasteiger partial charge in [0, 0.05) is 0 Å². The van der Waals surface area contributed by atoms with Gasteiger partial charge in [-0.05, 0) is 0 Å². The van der Waals surface area contributed by atoms with Crippen LogP contribution in [0.4, 0.5) is 0 Å². The Hall–Kier alpha value is -0.463. The molecule has 0 amide bonds. The second-order valence-corrected chi connectivity index (χ2v) is 4.17. The zero-order chi connectivity index (χ0) is 13.1. The van der Waals surface area contributed by atoms with E-state index in [1.54, 1.807) is 0 Å². The van der Waals surface area contributed by atoms with Gasteiger partial charge in [-0.1, -0.05) is 0 Å². The fourth-order valence-electron chi connectivity index (χ4n) is 1.51. The molecule has 5 heteroatoms. The van der Waals surface area contributed by atoms with Crippen molar-refractivity contribution in [2.75, 3.05) is 0 Å². The van der Waals surface area contributed by atoms with Gasteiger partial charge in [-0.15, -0.1) is 0 Å². The second kappa shape index (κ2) is 11.0. The first-order valence-electron chi connectivity index (χ1n) is 5.78. The normalized spacial score (nSPS) is 13.3. The number of carboxylic acids is 2. The molecule has 4 nitrogen and oxygen atoms in total. The van der Waals surface area contributed by atoms with E-state index >= 15 is 0 Å². The quantitative estimate of drug-likeness (QED) is 0.536. The number of aliphatic carboxylic acids is 2. The van der Waals surface area contributed by atoms with Crippen LogP contribution in [0.1, 0.15) is 46.5 Å². The van der Waals surface area contributed by atoms with Gasteiger partial charge in [-0.3, -0.25) is 9.59 Å². The molecule has 0 aromatic carbocycles. The molecular weight excluding hydrogens is 203 g/mol. The van der Waals surface area contributed by atoms with E-state index in [4.69, 9.17) is 10.2 Å². The maximum atomic E-state index is 9.43. The predicted molar refractivity (Wildman–Crippen MR) is 63.8 cm³/mol. The first kappa shape index (κ1) is 17.9. The van der Waals surface area contributed by atoms with Crippen molar-refractivity contribution in [3.05, 3.63) is 0 Å². The summed E-state index contributed by atoms with van der Waals surface area (Å²) in [5.41, 5.74) is 0. The topological polar surface area (TPSA) is 74.6 Å². The standard InChI is InChI=1S/C8H17.C3H4O4.Li/c1-4-7-8(5-2)6-3;4-2(5)1-3(6)7;/h5,8H,4,6-7H2,1-3H3;1H2,(H,4,5)(H,6,7);. The molecule has 0 radical (unpaired) electrons. The summed E-state index contributed by atoms with van der Waals surface area (Å²) in [4.78, 5) is 18.9. The Bertz CT molecular complexity index is 192. The molecule has 0 aliphatic carbocycles. The van der Waals surface area contributed by atoms with Crippen molar-refractivity contribution in [1.29, 1.82) is 0 Å². The summed E-state index contributed by atoms with van der Waals surface area (Å²) in [6.45, 7) is 6.88. The van der Waals surface area contributed by atoms with Crippen LogP contribution in [0.15, 0.2) is 0 Å². The van der Waals surface area contributed by atoms with E-state index in [1.165, 1.54) is 19.3 Å². The van der Waals surface area contributed by atoms with Gasteiger partial charge in [0.15, 0.2) is 0 Å². The number of hydrogen-bond acceptors (Lipinski definition) is 2. The summed E-state index contributed by atoms with van der Waals surface area (Å²) in [5, 5.41) is 15.4. The van der Waals surface area contributed by atoms with Crippen molar-refractivity contribution in [2.45, 2.75) is 51.0 Å². The van der Waals surface area contributed by atoms with E-state index in [-0.39, 0.29) is 0 Å². The fraction of sp³-hybridized carbons (Fsp3) is 0.818. The summed E-state index contributed by atoms with van der Waals surface area (Å²) in [7, 11) is 0. The van der Waals surface area contributed by atoms with E-state index in [1.807, 2.05) is 0 Å². The van der Waals surface area contributed by atoms with Gasteiger partial charge >= 0.3 is 80.2 Å². The van der Waals surface area contributed by atoms with E-state index in [0.29, 0.717) is 0 Å². The molecule has 0 aliphatic heterocycles. The van der Waals surface area contributed by atoms with Crippen LogP contribution in [0.5, 0.6) is 0 Å². The number of carboxylic acid groups (broad SMARTS) is 2. The maximum absolute atomic E-state index is 9.43. The van der Waals surface area contributed by atoms with Crippen LogP contribution in [0.25, 0.3) is 0 Å². The van der Waals surface area contributed by atoms with E-state index < -0.39 is 18.4 Å². The van der Waals surface area contributed by atoms with Gasteiger partial charge in [-0.25, -0.2) is 0 Å². The molecule has 0 spiro atoms. The van der Waals surface area contributed by atoms with Crippen LogP contribution in [0.3, 0.4) is 0 Å². The van der Waals surface area contributed by atoms with Gasteiger partial charge in [-0.2, -0.15) is 0 Å². The second-order valence-electron chi connectivity index (χ2n) is 4.17. The minimum absolute atomic E-state index is 0.806. The molecule has 0 fully saturated rings. The third kappa shape index (κ3) is 13.5. The number of hydrogen-bond donors (Lipinski definition) is 2. The Labute approximate surface area is 107 Å². The van der Waals surface area contributed by atoms with Crippen LogP contribution in [0.2, 0.25) is 4.59 Å². The van der Waals surface area contributed by atoms with E-state index in [9.17, 15) is 9.59 Å². The van der Waals surface area contributed by atoms with Gasteiger partial charge < -0.3 is 10.2 Å². The fourth-order valence-corrected chi connectivity index (χ4v) is 1.51. The monoisotopic (exact) mass is 224 g/mol. The van der Waals surface area contributed by atoms with Crippen LogP contribution >= 0.6 is 0 Å². The van der Waals surface area contributed by atoms with Crippen molar-refractivity contribution in [3.8, 4) is 0 Å². The molecule has 0 saturated heterocycles. The molecule has 0 aliphatic rings. The molecule has 0 rings (SSSR count). The van der Waals surface area contributed by atoms with Crippen molar-refractivity contribution in [2.24, 2.45) is 5.92 Å². The summed E-state index contributed by atoms with van der Waals surface area (Å²) in [5.74, 6) is -1.66. The molecule has 0 aromatic rings. The molecule has 2 N–H and O–H groups in total. The summed E-state index contributed by atoms with van der Waals surface area (Å²) in [6, 6.07) is 0. The Balaban J connectivity index is 0. The summed E-state index contributed by atoms with van der Waals surface area (Å²) in [6.07, 6.45) is 3.30. The Morgan fingerprint density at radius 3 is 1.69 bits per heavy atom. The minimum atomic E-state index is -1.31. The molecule has 0 saturated carbocycles. The average Bonchev–Trinajstić information content (AvgIpc) is 2.12. The van der Waals surface area contributed by atoms with Crippen LogP contribution in [-0.4, -0.2) is 39.9 Å². The van der Waals surface area contributed by atoms with Gasteiger partial charge in [0.05, 0.1) is 0 Å². The Morgan fingerprint density at radius 1 is 1.19 bits per heavy atom. The SMILES string of the molecule is O=C(O)CC(=O)O.[Li][CH](C)C(CC)CCC. The Morgan fingerprint density at radius 2 is 1.62 bits per heavy atom. The van der Waals surface area contributed by atoms with Crippen molar-refractivity contribution in [3.63, 3.8) is 0 Å². The van der Waals surface area contributed by atoms with Gasteiger partial charge in [0.2, 0.25) is 0 Å². The van der Waals surface area contributed by atoms with E-state index in [2.05, 4.69) is 38.5 Å². The zero-order valence-corrected chi connectivity index (χ0v) is 10.7. The zero-order valence-electron chi connectivity index (χ0n) is 10.7. The van der Waals surface area contributed by atoms with Crippen molar-refractivity contribution >= 4 is 29.7 Å². The molecule has 2 atom stereocenters. The van der Waals surface area contributed by atoms with Gasteiger partial charge in [0.1, 0.15) is 6.42 Å². The molecule has 16 heavy (non-hydrogen) atoms. The molecule has 90 valence electrons. The van der Waals surface area contributed by atoms with Crippen LogP contribution in [-0.2, 0) is 9.59 Å². The molecule has 0 bridgehead atoms. The molecule has 0 heterocycles. The van der Waals surface area contributed by atoms with Crippen molar-refractivity contribution < 1.29 is 19.8 Å². The third-order valence-corrected chi connectivity index (χ3v) is 2.43. The van der Waals surface area contributed by atoms with Crippen molar-refractivity contribution in [1.82, 2.24) is 0 Å². The molecular formula is C11H21LiO4. The molecule has 2 unspecified atom stereocenters. The average molecular weight is 224 g/mol. The van der Waals surface area contributed by atoms with Crippen LogP contribution < -0.4 is 0 Å².